The lowest BCUT2D eigenvalue weighted by Crippen LogP contribution is -2.30. The van der Waals surface area contributed by atoms with Crippen LogP contribution in [-0.4, -0.2) is 44.9 Å². The maximum absolute atomic E-state index is 12.6. The fraction of sp³-hybridized carbons (Fsp3) is 0.571. The monoisotopic (exact) mass is 316 g/mol. The smallest absolute Gasteiger partial charge is 0.243 e. The number of sulfonamides is 1. The first-order chi connectivity index (χ1) is 9.45. The first-order valence-electron chi connectivity index (χ1n) is 6.69. The molecule has 0 radical (unpaired) electrons. The van der Waals surface area contributed by atoms with Gasteiger partial charge in [0.1, 0.15) is 0 Å². The molecule has 1 rings (SSSR count). The number of benzene rings is 1. The normalized spacial score (nSPS) is 12.1. The Bertz CT molecular complexity index is 530. The lowest BCUT2D eigenvalue weighted by molar-refractivity contribution is 0.488. The van der Waals surface area contributed by atoms with Crippen molar-refractivity contribution < 1.29 is 8.42 Å². The van der Waals surface area contributed by atoms with Crippen molar-refractivity contribution in [3.8, 4) is 0 Å². The van der Waals surface area contributed by atoms with E-state index in [9.17, 15) is 8.42 Å². The van der Waals surface area contributed by atoms with E-state index >= 15 is 0 Å². The standard InChI is InChI=1S/C14H24N2O2S2/c1-5-15-11-13-7-6-8-14(12(13)2)20(17,18)16(3)9-10-19-4/h6-8,15H,5,9-11H2,1-4H3. The third-order valence-corrected chi connectivity index (χ3v) is 5.85. The van der Waals surface area contributed by atoms with Crippen LogP contribution >= 0.6 is 11.8 Å². The number of hydrogen-bond donors (Lipinski definition) is 1. The number of thioether (sulfide) groups is 1. The molecule has 0 heterocycles. The highest BCUT2D eigenvalue weighted by Gasteiger charge is 2.23. The average Bonchev–Trinajstić information content (AvgIpc) is 2.43. The van der Waals surface area contributed by atoms with Gasteiger partial charge >= 0.3 is 0 Å². The number of nitrogens with zero attached hydrogens (tertiary/aromatic N) is 1. The Hall–Kier alpha value is -0.560. The SMILES string of the molecule is CCNCc1cccc(S(=O)(=O)N(C)CCSC)c1C. The van der Waals surface area contributed by atoms with Crippen molar-refractivity contribution in [2.24, 2.45) is 0 Å². The summed E-state index contributed by atoms with van der Waals surface area (Å²) in [4.78, 5) is 0.413. The van der Waals surface area contributed by atoms with Gasteiger partial charge in [-0.2, -0.15) is 11.8 Å². The van der Waals surface area contributed by atoms with Crippen LogP contribution in [0.3, 0.4) is 0 Å². The number of rotatable bonds is 8. The van der Waals surface area contributed by atoms with Crippen LogP contribution in [0.2, 0.25) is 0 Å². The summed E-state index contributed by atoms with van der Waals surface area (Å²) < 4.78 is 26.6. The largest absolute Gasteiger partial charge is 0.313 e. The van der Waals surface area contributed by atoms with Crippen LogP contribution in [0.15, 0.2) is 23.1 Å². The zero-order chi connectivity index (χ0) is 15.2. The summed E-state index contributed by atoms with van der Waals surface area (Å²) in [6.45, 7) is 6.00. The minimum Gasteiger partial charge on any atom is -0.313 e. The van der Waals surface area contributed by atoms with E-state index in [0.717, 1.165) is 23.4 Å². The molecule has 1 aromatic rings. The van der Waals surface area contributed by atoms with Crippen LogP contribution in [0, 0.1) is 6.92 Å². The Morgan fingerprint density at radius 1 is 1.35 bits per heavy atom. The lowest BCUT2D eigenvalue weighted by Gasteiger charge is -2.19. The van der Waals surface area contributed by atoms with E-state index in [1.54, 1.807) is 24.9 Å². The zero-order valence-corrected chi connectivity index (χ0v) is 14.3. The molecule has 0 unspecified atom stereocenters. The highest BCUT2D eigenvalue weighted by molar-refractivity contribution is 7.98. The van der Waals surface area contributed by atoms with Crippen molar-refractivity contribution in [2.75, 3.05) is 32.1 Å². The van der Waals surface area contributed by atoms with Crippen molar-refractivity contribution in [1.29, 1.82) is 0 Å². The van der Waals surface area contributed by atoms with Crippen molar-refractivity contribution in [3.05, 3.63) is 29.3 Å². The van der Waals surface area contributed by atoms with E-state index in [1.165, 1.54) is 4.31 Å². The maximum Gasteiger partial charge on any atom is 0.243 e. The Kier molecular flexibility index (Phi) is 7.02. The molecule has 0 aliphatic heterocycles. The average molecular weight is 316 g/mol. The Morgan fingerprint density at radius 3 is 2.65 bits per heavy atom. The van der Waals surface area contributed by atoms with Crippen molar-refractivity contribution in [1.82, 2.24) is 9.62 Å². The minimum atomic E-state index is -3.40. The molecule has 0 saturated heterocycles. The van der Waals surface area contributed by atoms with Gasteiger partial charge in [-0.25, -0.2) is 12.7 Å². The maximum atomic E-state index is 12.6. The first-order valence-corrected chi connectivity index (χ1v) is 9.53. The molecule has 4 nitrogen and oxygen atoms in total. The molecule has 0 spiro atoms. The van der Waals surface area contributed by atoms with Crippen LogP contribution in [0.4, 0.5) is 0 Å². The van der Waals surface area contributed by atoms with Gasteiger partial charge in [0.15, 0.2) is 0 Å². The first kappa shape index (κ1) is 17.5. The van der Waals surface area contributed by atoms with Crippen molar-refractivity contribution in [3.63, 3.8) is 0 Å². The lowest BCUT2D eigenvalue weighted by atomic mass is 10.1. The fourth-order valence-electron chi connectivity index (χ4n) is 1.90. The van der Waals surface area contributed by atoms with Crippen molar-refractivity contribution >= 4 is 21.8 Å². The van der Waals surface area contributed by atoms with Gasteiger partial charge in [-0.3, -0.25) is 0 Å². The van der Waals surface area contributed by atoms with E-state index in [4.69, 9.17) is 0 Å². The summed E-state index contributed by atoms with van der Waals surface area (Å²) in [7, 11) is -1.76. The molecule has 0 fully saturated rings. The van der Waals surface area contributed by atoms with Gasteiger partial charge in [0.25, 0.3) is 0 Å². The summed E-state index contributed by atoms with van der Waals surface area (Å²) in [6.07, 6.45) is 1.97. The molecular formula is C14H24N2O2S2. The molecule has 0 atom stereocenters. The van der Waals surface area contributed by atoms with Gasteiger partial charge in [-0.1, -0.05) is 19.1 Å². The molecule has 0 saturated carbocycles. The number of nitrogens with one attached hydrogen (secondary N) is 1. The summed E-state index contributed by atoms with van der Waals surface area (Å²) in [5.74, 6) is 0.797. The van der Waals surface area contributed by atoms with Crippen LogP contribution in [-0.2, 0) is 16.6 Å². The molecule has 0 bridgehead atoms. The summed E-state index contributed by atoms with van der Waals surface area (Å²) in [6, 6.07) is 5.48. The van der Waals surface area contributed by atoms with Crippen LogP contribution in [0.25, 0.3) is 0 Å². The Balaban J connectivity index is 3.06. The van der Waals surface area contributed by atoms with Crippen LogP contribution < -0.4 is 5.32 Å². The van der Waals surface area contributed by atoms with E-state index < -0.39 is 10.0 Å². The summed E-state index contributed by atoms with van der Waals surface area (Å²) >= 11 is 1.64. The second kappa shape index (κ2) is 8.02. The van der Waals surface area contributed by atoms with Gasteiger partial charge < -0.3 is 5.32 Å². The van der Waals surface area contributed by atoms with Gasteiger partial charge in [0.2, 0.25) is 10.0 Å². The van der Waals surface area contributed by atoms with Crippen LogP contribution in [0.5, 0.6) is 0 Å². The molecule has 1 aromatic carbocycles. The molecule has 0 aliphatic carbocycles. The zero-order valence-electron chi connectivity index (χ0n) is 12.6. The Labute approximate surface area is 127 Å². The topological polar surface area (TPSA) is 49.4 Å². The predicted molar refractivity (Wildman–Crippen MR) is 86.8 cm³/mol. The van der Waals surface area contributed by atoms with E-state index in [-0.39, 0.29) is 0 Å². The molecule has 1 N–H and O–H groups in total. The molecule has 0 aromatic heterocycles. The van der Waals surface area contributed by atoms with Gasteiger partial charge in [0, 0.05) is 25.9 Å². The molecule has 6 heteroatoms. The van der Waals surface area contributed by atoms with Gasteiger partial charge in [-0.05, 0) is 36.9 Å². The molecule has 114 valence electrons. The summed E-state index contributed by atoms with van der Waals surface area (Å²) in [5.41, 5.74) is 1.87. The molecule has 0 aliphatic rings. The highest BCUT2D eigenvalue weighted by Crippen LogP contribution is 2.22. The van der Waals surface area contributed by atoms with Gasteiger partial charge in [-0.15, -0.1) is 0 Å². The molecular weight excluding hydrogens is 292 g/mol. The summed E-state index contributed by atoms with van der Waals surface area (Å²) in [5, 5.41) is 3.24. The third-order valence-electron chi connectivity index (χ3n) is 3.26. The molecule has 20 heavy (non-hydrogen) atoms. The number of hydrogen-bond acceptors (Lipinski definition) is 4. The van der Waals surface area contributed by atoms with E-state index in [2.05, 4.69) is 5.32 Å². The minimum absolute atomic E-state index is 0.413. The predicted octanol–water partition coefficient (Wildman–Crippen LogP) is 2.09. The van der Waals surface area contributed by atoms with Crippen molar-refractivity contribution in [2.45, 2.75) is 25.3 Å². The van der Waals surface area contributed by atoms with E-state index in [0.29, 0.717) is 18.0 Å². The van der Waals surface area contributed by atoms with Crippen LogP contribution in [0.1, 0.15) is 18.1 Å². The fourth-order valence-corrected chi connectivity index (χ4v) is 3.91. The van der Waals surface area contributed by atoms with E-state index in [1.807, 2.05) is 32.2 Å². The third kappa shape index (κ3) is 4.22. The second-order valence-corrected chi connectivity index (χ2v) is 7.64. The highest BCUT2D eigenvalue weighted by atomic mass is 32.2. The Morgan fingerprint density at radius 2 is 2.05 bits per heavy atom. The quantitative estimate of drug-likeness (QED) is 0.798. The molecule has 0 amide bonds. The van der Waals surface area contributed by atoms with Gasteiger partial charge in [0.05, 0.1) is 4.90 Å². The second-order valence-electron chi connectivity index (χ2n) is 4.64.